The predicted octanol–water partition coefficient (Wildman–Crippen LogP) is 2.76. The normalized spacial score (nSPS) is 11.3. The van der Waals surface area contributed by atoms with Gasteiger partial charge in [-0.1, -0.05) is 6.07 Å². The Kier molecular flexibility index (Phi) is 5.82. The average Bonchev–Trinajstić information content (AvgIpc) is 2.59. The fraction of sp³-hybridized carbons (Fsp3) is 0.167. The van der Waals surface area contributed by atoms with Gasteiger partial charge in [-0.25, -0.2) is 8.42 Å². The Labute approximate surface area is 147 Å². The second-order valence-corrected chi connectivity index (χ2v) is 7.28. The van der Waals surface area contributed by atoms with E-state index in [1.807, 2.05) is 0 Å². The van der Waals surface area contributed by atoms with Gasteiger partial charge in [-0.05, 0) is 42.0 Å². The smallest absolute Gasteiger partial charge is 0.248 e. The highest BCUT2D eigenvalue weighted by molar-refractivity contribution is 7.90. The fourth-order valence-corrected chi connectivity index (χ4v) is 2.75. The van der Waals surface area contributed by atoms with E-state index in [-0.39, 0.29) is 10.8 Å². The van der Waals surface area contributed by atoms with Crippen molar-refractivity contribution < 1.29 is 22.7 Å². The summed E-state index contributed by atoms with van der Waals surface area (Å²) in [6.45, 7) is 0. The minimum atomic E-state index is -3.33. The van der Waals surface area contributed by atoms with Gasteiger partial charge in [-0.3, -0.25) is 4.79 Å². The number of sulfone groups is 1. The molecule has 0 aliphatic carbocycles. The van der Waals surface area contributed by atoms with Crippen LogP contribution in [0.3, 0.4) is 0 Å². The average molecular weight is 361 g/mol. The van der Waals surface area contributed by atoms with E-state index in [1.165, 1.54) is 18.2 Å². The molecule has 0 unspecified atom stereocenters. The Hall–Kier alpha value is -2.80. The van der Waals surface area contributed by atoms with Crippen molar-refractivity contribution in [3.8, 4) is 11.5 Å². The van der Waals surface area contributed by atoms with Gasteiger partial charge < -0.3 is 14.8 Å². The molecule has 0 heterocycles. The summed E-state index contributed by atoms with van der Waals surface area (Å²) in [5.41, 5.74) is 1.14. The molecule has 1 amide bonds. The maximum atomic E-state index is 12.0. The van der Waals surface area contributed by atoms with Crippen LogP contribution in [0.1, 0.15) is 5.56 Å². The van der Waals surface area contributed by atoms with Gasteiger partial charge >= 0.3 is 0 Å². The van der Waals surface area contributed by atoms with Gasteiger partial charge in [-0.15, -0.1) is 0 Å². The highest BCUT2D eigenvalue weighted by Crippen LogP contribution is 2.23. The number of rotatable bonds is 6. The number of benzene rings is 2. The van der Waals surface area contributed by atoms with E-state index in [0.29, 0.717) is 17.2 Å². The van der Waals surface area contributed by atoms with Crippen molar-refractivity contribution in [2.24, 2.45) is 0 Å². The van der Waals surface area contributed by atoms with Crippen molar-refractivity contribution in [2.45, 2.75) is 4.90 Å². The summed E-state index contributed by atoms with van der Waals surface area (Å²) < 4.78 is 33.5. The first-order chi connectivity index (χ1) is 11.8. The minimum absolute atomic E-state index is 0.145. The summed E-state index contributed by atoms with van der Waals surface area (Å²) in [5, 5.41) is 2.63. The van der Waals surface area contributed by atoms with Crippen LogP contribution in [0.25, 0.3) is 6.08 Å². The zero-order chi connectivity index (χ0) is 18.4. The van der Waals surface area contributed by atoms with Crippen LogP contribution >= 0.6 is 0 Å². The lowest BCUT2D eigenvalue weighted by Crippen LogP contribution is -2.08. The highest BCUT2D eigenvalue weighted by Gasteiger charge is 2.08. The van der Waals surface area contributed by atoms with E-state index in [0.717, 1.165) is 11.8 Å². The molecule has 7 heteroatoms. The number of methoxy groups -OCH3 is 2. The van der Waals surface area contributed by atoms with Gasteiger partial charge in [0.1, 0.15) is 11.5 Å². The van der Waals surface area contributed by atoms with Crippen molar-refractivity contribution >= 4 is 27.5 Å². The molecular formula is C18H19NO5S. The third-order valence-electron chi connectivity index (χ3n) is 3.33. The van der Waals surface area contributed by atoms with Crippen LogP contribution in [-0.2, 0) is 14.6 Å². The van der Waals surface area contributed by atoms with E-state index in [2.05, 4.69) is 5.32 Å². The Morgan fingerprint density at radius 2 is 1.68 bits per heavy atom. The zero-order valence-electron chi connectivity index (χ0n) is 14.1. The number of anilines is 1. The molecule has 0 aliphatic heterocycles. The van der Waals surface area contributed by atoms with Crippen LogP contribution in [0.15, 0.2) is 53.4 Å². The Morgan fingerprint density at radius 1 is 1.04 bits per heavy atom. The summed E-state index contributed by atoms with van der Waals surface area (Å²) in [6.07, 6.45) is 4.08. The fourth-order valence-electron chi connectivity index (χ4n) is 2.09. The second kappa shape index (κ2) is 7.85. The molecule has 0 aromatic heterocycles. The molecule has 25 heavy (non-hydrogen) atoms. The Balaban J connectivity index is 2.14. The quantitative estimate of drug-likeness (QED) is 0.800. The molecule has 6 nitrogen and oxygen atoms in total. The number of hydrogen-bond acceptors (Lipinski definition) is 5. The molecule has 0 saturated carbocycles. The van der Waals surface area contributed by atoms with Crippen LogP contribution < -0.4 is 14.8 Å². The van der Waals surface area contributed by atoms with Gasteiger partial charge in [0.05, 0.1) is 19.1 Å². The van der Waals surface area contributed by atoms with Crippen LogP contribution in [0.5, 0.6) is 11.5 Å². The number of carbonyl (C=O) groups excluding carboxylic acids is 1. The lowest BCUT2D eigenvalue weighted by atomic mass is 10.2. The topological polar surface area (TPSA) is 81.7 Å². The summed E-state index contributed by atoms with van der Waals surface area (Å²) in [6, 6.07) is 11.3. The molecule has 0 radical (unpaired) electrons. The standard InChI is InChI=1S/C18H19NO5S/c1-23-15-9-13(10-16(12-15)24-2)7-8-18(20)19-14-5-4-6-17(11-14)25(3,21)22/h4-12H,1-3H3,(H,19,20)/b8-7+. The first kappa shape index (κ1) is 18.5. The van der Waals surface area contributed by atoms with Crippen molar-refractivity contribution in [1.29, 1.82) is 0 Å². The molecule has 2 rings (SSSR count). The van der Waals surface area contributed by atoms with E-state index in [1.54, 1.807) is 50.6 Å². The molecule has 2 aromatic carbocycles. The van der Waals surface area contributed by atoms with Crippen LogP contribution in [0, 0.1) is 0 Å². The van der Waals surface area contributed by atoms with E-state index < -0.39 is 9.84 Å². The second-order valence-electron chi connectivity index (χ2n) is 5.27. The van der Waals surface area contributed by atoms with Crippen molar-refractivity contribution in [3.05, 3.63) is 54.1 Å². The molecule has 0 saturated heterocycles. The van der Waals surface area contributed by atoms with E-state index in [9.17, 15) is 13.2 Å². The number of amides is 1. The molecular weight excluding hydrogens is 342 g/mol. The summed E-state index contributed by atoms with van der Waals surface area (Å²) in [4.78, 5) is 12.2. The minimum Gasteiger partial charge on any atom is -0.497 e. The third kappa shape index (κ3) is 5.36. The molecule has 1 N–H and O–H groups in total. The number of ether oxygens (including phenoxy) is 2. The predicted molar refractivity (Wildman–Crippen MR) is 96.8 cm³/mol. The Bertz CT molecular complexity index is 881. The molecule has 0 spiro atoms. The van der Waals surface area contributed by atoms with Crippen LogP contribution in [0.2, 0.25) is 0 Å². The first-order valence-corrected chi connectivity index (χ1v) is 9.23. The third-order valence-corrected chi connectivity index (χ3v) is 4.44. The number of nitrogens with one attached hydrogen (secondary N) is 1. The van der Waals surface area contributed by atoms with Gasteiger partial charge in [0.2, 0.25) is 5.91 Å². The lowest BCUT2D eigenvalue weighted by molar-refractivity contribution is -0.111. The maximum Gasteiger partial charge on any atom is 0.248 e. The summed E-state index contributed by atoms with van der Waals surface area (Å²) in [5.74, 6) is 0.841. The largest absolute Gasteiger partial charge is 0.497 e. The first-order valence-electron chi connectivity index (χ1n) is 7.34. The van der Waals surface area contributed by atoms with Crippen LogP contribution in [0.4, 0.5) is 5.69 Å². The van der Waals surface area contributed by atoms with Gasteiger partial charge in [0.25, 0.3) is 0 Å². The number of hydrogen-bond donors (Lipinski definition) is 1. The van der Waals surface area contributed by atoms with Crippen molar-refractivity contribution in [3.63, 3.8) is 0 Å². The Morgan fingerprint density at radius 3 is 2.24 bits per heavy atom. The number of carbonyl (C=O) groups is 1. The molecule has 2 aromatic rings. The molecule has 0 aliphatic rings. The van der Waals surface area contributed by atoms with E-state index in [4.69, 9.17) is 9.47 Å². The van der Waals surface area contributed by atoms with Gasteiger partial charge in [-0.2, -0.15) is 0 Å². The zero-order valence-corrected chi connectivity index (χ0v) is 15.0. The lowest BCUT2D eigenvalue weighted by Gasteiger charge is -2.06. The summed E-state index contributed by atoms with van der Waals surface area (Å²) in [7, 11) is -0.238. The van der Waals surface area contributed by atoms with Crippen LogP contribution in [-0.4, -0.2) is 34.8 Å². The molecule has 132 valence electrons. The van der Waals surface area contributed by atoms with Gasteiger partial charge in [0.15, 0.2) is 9.84 Å². The van der Waals surface area contributed by atoms with Gasteiger partial charge in [0, 0.05) is 24.1 Å². The van der Waals surface area contributed by atoms with E-state index >= 15 is 0 Å². The van der Waals surface area contributed by atoms with Crippen molar-refractivity contribution in [2.75, 3.05) is 25.8 Å². The monoisotopic (exact) mass is 361 g/mol. The molecule has 0 bridgehead atoms. The summed E-state index contributed by atoms with van der Waals surface area (Å²) >= 11 is 0. The SMILES string of the molecule is COc1cc(/C=C/C(=O)Nc2cccc(S(C)(=O)=O)c2)cc(OC)c1. The highest BCUT2D eigenvalue weighted by atomic mass is 32.2. The maximum absolute atomic E-state index is 12.0. The molecule has 0 fully saturated rings. The van der Waals surface area contributed by atoms with Crippen molar-refractivity contribution in [1.82, 2.24) is 0 Å². The molecule has 0 atom stereocenters.